The molecule has 0 aliphatic carbocycles. The van der Waals surface area contributed by atoms with E-state index in [2.05, 4.69) is 10.2 Å². The summed E-state index contributed by atoms with van der Waals surface area (Å²) >= 11 is 0. The fourth-order valence-corrected chi connectivity index (χ4v) is 2.49. The second-order valence-corrected chi connectivity index (χ2v) is 5.17. The van der Waals surface area contributed by atoms with Crippen LogP contribution in [0.3, 0.4) is 0 Å². The van der Waals surface area contributed by atoms with Gasteiger partial charge in [-0.15, -0.1) is 0 Å². The number of likely N-dealkylation sites (N-methyl/N-ethyl adjacent to an activating group) is 1. The lowest BCUT2D eigenvalue weighted by molar-refractivity contribution is -0.130. The Labute approximate surface area is 119 Å². The van der Waals surface area contributed by atoms with Crippen molar-refractivity contribution in [2.24, 2.45) is 0 Å². The van der Waals surface area contributed by atoms with Crippen LogP contribution in [0.1, 0.15) is 12.0 Å². The van der Waals surface area contributed by atoms with Crippen molar-refractivity contribution in [1.82, 2.24) is 15.1 Å². The summed E-state index contributed by atoms with van der Waals surface area (Å²) in [6.07, 6.45) is 0.983. The number of halogens is 1. The van der Waals surface area contributed by atoms with E-state index in [1.54, 1.807) is 7.05 Å². The molecule has 0 unspecified atom stereocenters. The zero-order chi connectivity index (χ0) is 14.4. The highest BCUT2D eigenvalue weighted by molar-refractivity contribution is 5.78. The molecule has 5 heteroatoms. The number of nitrogens with one attached hydrogen (secondary N) is 1. The lowest BCUT2D eigenvalue weighted by Crippen LogP contribution is -2.39. The smallest absolute Gasteiger partial charge is 0.236 e. The number of amides is 1. The van der Waals surface area contributed by atoms with Crippen LogP contribution in [0.25, 0.3) is 0 Å². The molecular formula is C15H22FN3O. The van der Waals surface area contributed by atoms with E-state index in [4.69, 9.17) is 0 Å². The van der Waals surface area contributed by atoms with Gasteiger partial charge in [0.15, 0.2) is 0 Å². The molecule has 1 heterocycles. The topological polar surface area (TPSA) is 35.6 Å². The highest BCUT2D eigenvalue weighted by Crippen LogP contribution is 2.10. The van der Waals surface area contributed by atoms with Crippen LogP contribution in [-0.2, 0) is 11.3 Å². The molecule has 20 heavy (non-hydrogen) atoms. The molecular weight excluding hydrogens is 257 g/mol. The number of rotatable bonds is 4. The van der Waals surface area contributed by atoms with Crippen molar-refractivity contribution in [3.05, 3.63) is 35.6 Å². The van der Waals surface area contributed by atoms with E-state index < -0.39 is 0 Å². The highest BCUT2D eigenvalue weighted by Gasteiger charge is 2.18. The van der Waals surface area contributed by atoms with E-state index in [1.165, 1.54) is 12.1 Å². The molecule has 0 saturated carbocycles. The summed E-state index contributed by atoms with van der Waals surface area (Å²) in [6, 6.07) is 6.64. The maximum atomic E-state index is 12.9. The molecule has 1 aromatic rings. The Hall–Kier alpha value is -1.46. The SMILES string of the molecule is CNCC(=O)N1CCCN(Cc2ccc(F)cc2)CC1. The Morgan fingerprint density at radius 3 is 2.65 bits per heavy atom. The largest absolute Gasteiger partial charge is 0.340 e. The van der Waals surface area contributed by atoms with E-state index in [9.17, 15) is 9.18 Å². The molecule has 0 atom stereocenters. The lowest BCUT2D eigenvalue weighted by atomic mass is 10.2. The van der Waals surface area contributed by atoms with Gasteiger partial charge in [0.2, 0.25) is 5.91 Å². The van der Waals surface area contributed by atoms with Gasteiger partial charge in [-0.2, -0.15) is 0 Å². The van der Waals surface area contributed by atoms with Crippen LogP contribution in [0.2, 0.25) is 0 Å². The minimum Gasteiger partial charge on any atom is -0.340 e. The number of nitrogens with zero attached hydrogens (tertiary/aromatic N) is 2. The van der Waals surface area contributed by atoms with Crippen LogP contribution in [-0.4, -0.2) is 55.5 Å². The lowest BCUT2D eigenvalue weighted by Gasteiger charge is -2.22. The fourth-order valence-electron chi connectivity index (χ4n) is 2.49. The predicted molar refractivity (Wildman–Crippen MR) is 76.8 cm³/mol. The van der Waals surface area contributed by atoms with Gasteiger partial charge in [0.05, 0.1) is 6.54 Å². The van der Waals surface area contributed by atoms with Gasteiger partial charge < -0.3 is 10.2 Å². The number of benzene rings is 1. The molecule has 1 saturated heterocycles. The van der Waals surface area contributed by atoms with E-state index in [0.717, 1.165) is 44.7 Å². The molecule has 1 aliphatic heterocycles. The molecule has 1 N–H and O–H groups in total. The Morgan fingerprint density at radius 1 is 1.20 bits per heavy atom. The fraction of sp³-hybridized carbons (Fsp3) is 0.533. The minimum atomic E-state index is -0.201. The summed E-state index contributed by atoms with van der Waals surface area (Å²) in [5, 5.41) is 2.90. The predicted octanol–water partition coefficient (Wildman–Crippen LogP) is 1.08. The molecule has 1 amide bonds. The van der Waals surface area contributed by atoms with Crippen LogP contribution >= 0.6 is 0 Å². The normalized spacial score (nSPS) is 17.0. The number of carbonyl (C=O) groups is 1. The van der Waals surface area contributed by atoms with Gasteiger partial charge in [-0.05, 0) is 31.2 Å². The number of carbonyl (C=O) groups excluding carboxylic acids is 1. The van der Waals surface area contributed by atoms with Gasteiger partial charge in [0.25, 0.3) is 0 Å². The Kier molecular flexibility index (Phi) is 5.49. The minimum absolute atomic E-state index is 0.163. The monoisotopic (exact) mass is 279 g/mol. The van der Waals surface area contributed by atoms with Gasteiger partial charge in [-0.1, -0.05) is 12.1 Å². The molecule has 1 aromatic carbocycles. The van der Waals surface area contributed by atoms with Crippen molar-refractivity contribution in [2.75, 3.05) is 39.8 Å². The molecule has 1 aliphatic rings. The summed E-state index contributed by atoms with van der Waals surface area (Å²) in [6.45, 7) is 4.64. The first-order chi connectivity index (χ1) is 9.69. The van der Waals surface area contributed by atoms with Gasteiger partial charge >= 0.3 is 0 Å². The van der Waals surface area contributed by atoms with E-state index in [0.29, 0.717) is 6.54 Å². The zero-order valence-corrected chi connectivity index (χ0v) is 11.9. The average molecular weight is 279 g/mol. The first-order valence-corrected chi connectivity index (χ1v) is 7.08. The second kappa shape index (κ2) is 7.36. The van der Waals surface area contributed by atoms with Crippen LogP contribution in [0.15, 0.2) is 24.3 Å². The van der Waals surface area contributed by atoms with E-state index in [1.807, 2.05) is 17.0 Å². The van der Waals surface area contributed by atoms with Crippen molar-refractivity contribution < 1.29 is 9.18 Å². The molecule has 4 nitrogen and oxygen atoms in total. The molecule has 0 bridgehead atoms. The van der Waals surface area contributed by atoms with Crippen LogP contribution < -0.4 is 5.32 Å². The second-order valence-electron chi connectivity index (χ2n) is 5.17. The zero-order valence-electron chi connectivity index (χ0n) is 11.9. The molecule has 110 valence electrons. The summed E-state index contributed by atoms with van der Waals surface area (Å²) in [5.74, 6) is -0.0374. The summed E-state index contributed by atoms with van der Waals surface area (Å²) in [7, 11) is 1.79. The van der Waals surface area contributed by atoms with Crippen LogP contribution in [0.5, 0.6) is 0 Å². The first-order valence-electron chi connectivity index (χ1n) is 7.08. The summed E-state index contributed by atoms with van der Waals surface area (Å²) < 4.78 is 12.9. The van der Waals surface area contributed by atoms with Crippen LogP contribution in [0.4, 0.5) is 4.39 Å². The van der Waals surface area contributed by atoms with Gasteiger partial charge in [0, 0.05) is 32.7 Å². The third-order valence-electron chi connectivity index (χ3n) is 3.59. The van der Waals surface area contributed by atoms with E-state index >= 15 is 0 Å². The Bertz CT molecular complexity index is 435. The van der Waals surface area contributed by atoms with Crippen molar-refractivity contribution in [1.29, 1.82) is 0 Å². The molecule has 0 radical (unpaired) electrons. The Balaban J connectivity index is 1.86. The van der Waals surface area contributed by atoms with Gasteiger partial charge in [-0.3, -0.25) is 9.69 Å². The number of hydrogen-bond acceptors (Lipinski definition) is 3. The number of hydrogen-bond donors (Lipinski definition) is 1. The maximum absolute atomic E-state index is 12.9. The van der Waals surface area contributed by atoms with Crippen molar-refractivity contribution in [3.8, 4) is 0 Å². The summed E-state index contributed by atoms with van der Waals surface area (Å²) in [5.41, 5.74) is 1.11. The molecule has 1 fully saturated rings. The van der Waals surface area contributed by atoms with E-state index in [-0.39, 0.29) is 11.7 Å². The standard InChI is InChI=1S/C15H22FN3O/c1-17-11-15(20)19-8-2-7-18(9-10-19)12-13-3-5-14(16)6-4-13/h3-6,17H,2,7-12H2,1H3. The third-order valence-corrected chi connectivity index (χ3v) is 3.59. The Morgan fingerprint density at radius 2 is 1.95 bits per heavy atom. The molecule has 0 aromatic heterocycles. The first kappa shape index (κ1) is 14.9. The molecule has 0 spiro atoms. The highest BCUT2D eigenvalue weighted by atomic mass is 19.1. The van der Waals surface area contributed by atoms with Crippen molar-refractivity contribution in [2.45, 2.75) is 13.0 Å². The maximum Gasteiger partial charge on any atom is 0.236 e. The van der Waals surface area contributed by atoms with Gasteiger partial charge in [-0.25, -0.2) is 4.39 Å². The third kappa shape index (κ3) is 4.28. The quantitative estimate of drug-likeness (QED) is 0.896. The van der Waals surface area contributed by atoms with Gasteiger partial charge in [0.1, 0.15) is 5.82 Å². The van der Waals surface area contributed by atoms with Crippen molar-refractivity contribution >= 4 is 5.91 Å². The molecule has 2 rings (SSSR count). The summed E-state index contributed by atoms with van der Waals surface area (Å²) in [4.78, 5) is 16.1. The van der Waals surface area contributed by atoms with Crippen molar-refractivity contribution in [3.63, 3.8) is 0 Å². The van der Waals surface area contributed by atoms with Crippen LogP contribution in [0, 0.1) is 5.82 Å². The average Bonchev–Trinajstić information content (AvgIpc) is 2.67.